The molecule has 5 nitrogen and oxygen atoms in total. The number of carboxylic acids is 1. The molecule has 1 aromatic heterocycles. The van der Waals surface area contributed by atoms with E-state index in [1.54, 1.807) is 0 Å². The van der Waals surface area contributed by atoms with E-state index in [1.807, 2.05) is 13.8 Å². The van der Waals surface area contributed by atoms with Gasteiger partial charge in [0.05, 0.1) is 30.2 Å². The molecule has 5 heteroatoms. The van der Waals surface area contributed by atoms with Gasteiger partial charge in [-0.3, -0.25) is 4.98 Å². The van der Waals surface area contributed by atoms with Crippen molar-refractivity contribution in [2.75, 3.05) is 18.5 Å². The average Bonchev–Trinajstić information content (AvgIpc) is 2.24. The molecule has 1 aromatic rings. The molecule has 0 aliphatic heterocycles. The monoisotopic (exact) mass is 224 g/mol. The van der Waals surface area contributed by atoms with Gasteiger partial charge in [-0.15, -0.1) is 0 Å². The van der Waals surface area contributed by atoms with E-state index in [1.165, 1.54) is 18.5 Å². The van der Waals surface area contributed by atoms with Crippen LogP contribution in [0.3, 0.4) is 0 Å². The lowest BCUT2D eigenvalue weighted by Gasteiger charge is -2.10. The van der Waals surface area contributed by atoms with Crippen molar-refractivity contribution in [3.63, 3.8) is 0 Å². The Kier molecular flexibility index (Phi) is 4.72. The maximum atomic E-state index is 10.9. The van der Waals surface area contributed by atoms with Gasteiger partial charge >= 0.3 is 5.97 Å². The topological polar surface area (TPSA) is 71.5 Å². The predicted octanol–water partition coefficient (Wildman–Crippen LogP) is 1.62. The number of hydrogen-bond acceptors (Lipinski definition) is 4. The van der Waals surface area contributed by atoms with Gasteiger partial charge in [0.2, 0.25) is 0 Å². The Balaban J connectivity index is 2.50. The van der Waals surface area contributed by atoms with Gasteiger partial charge in [0, 0.05) is 12.7 Å². The Morgan fingerprint density at radius 1 is 1.62 bits per heavy atom. The Morgan fingerprint density at radius 2 is 2.38 bits per heavy atom. The fourth-order valence-corrected chi connectivity index (χ4v) is 1.20. The third-order valence-corrected chi connectivity index (χ3v) is 1.92. The fourth-order valence-electron chi connectivity index (χ4n) is 1.20. The first kappa shape index (κ1) is 12.4. The van der Waals surface area contributed by atoms with Crippen LogP contribution in [-0.4, -0.2) is 35.3 Å². The SMILES string of the molecule is CC(C)OCCNc1cnccc1C(=O)O. The minimum atomic E-state index is -0.963. The summed E-state index contributed by atoms with van der Waals surface area (Å²) in [5.41, 5.74) is 0.738. The molecule has 0 fully saturated rings. The van der Waals surface area contributed by atoms with Crippen molar-refractivity contribution in [3.05, 3.63) is 24.0 Å². The smallest absolute Gasteiger partial charge is 0.337 e. The molecule has 0 aliphatic carbocycles. The summed E-state index contributed by atoms with van der Waals surface area (Å²) in [6, 6.07) is 1.47. The first-order valence-corrected chi connectivity index (χ1v) is 5.14. The summed E-state index contributed by atoms with van der Waals surface area (Å²) in [7, 11) is 0. The van der Waals surface area contributed by atoms with E-state index in [2.05, 4.69) is 10.3 Å². The van der Waals surface area contributed by atoms with Crippen molar-refractivity contribution in [2.45, 2.75) is 20.0 Å². The highest BCUT2D eigenvalue weighted by atomic mass is 16.5. The van der Waals surface area contributed by atoms with Crippen molar-refractivity contribution >= 4 is 11.7 Å². The zero-order chi connectivity index (χ0) is 12.0. The molecule has 16 heavy (non-hydrogen) atoms. The lowest BCUT2D eigenvalue weighted by molar-refractivity contribution is 0.0697. The molecule has 88 valence electrons. The summed E-state index contributed by atoms with van der Waals surface area (Å²) in [6.07, 6.45) is 3.13. The average molecular weight is 224 g/mol. The van der Waals surface area contributed by atoms with Crippen LogP contribution < -0.4 is 5.32 Å². The number of aromatic nitrogens is 1. The molecule has 1 rings (SSSR count). The van der Waals surface area contributed by atoms with Crippen LogP contribution in [0.15, 0.2) is 18.5 Å². The van der Waals surface area contributed by atoms with Crippen molar-refractivity contribution < 1.29 is 14.6 Å². The van der Waals surface area contributed by atoms with Gasteiger partial charge in [-0.1, -0.05) is 0 Å². The number of carbonyl (C=O) groups is 1. The number of rotatable bonds is 6. The van der Waals surface area contributed by atoms with Crippen LogP contribution in [0.5, 0.6) is 0 Å². The molecule has 0 saturated heterocycles. The van der Waals surface area contributed by atoms with E-state index < -0.39 is 5.97 Å². The lowest BCUT2D eigenvalue weighted by atomic mass is 10.2. The van der Waals surface area contributed by atoms with E-state index in [0.717, 1.165) is 0 Å². The van der Waals surface area contributed by atoms with Crippen LogP contribution in [0.2, 0.25) is 0 Å². The van der Waals surface area contributed by atoms with Crippen molar-refractivity contribution in [1.29, 1.82) is 0 Å². The maximum Gasteiger partial charge on any atom is 0.337 e. The number of aromatic carboxylic acids is 1. The van der Waals surface area contributed by atoms with E-state index in [9.17, 15) is 4.79 Å². The molecule has 0 aliphatic rings. The molecule has 0 aromatic carbocycles. The number of nitrogens with one attached hydrogen (secondary N) is 1. The minimum absolute atomic E-state index is 0.176. The third-order valence-electron chi connectivity index (χ3n) is 1.92. The van der Waals surface area contributed by atoms with Gasteiger partial charge in [-0.2, -0.15) is 0 Å². The number of ether oxygens (including phenoxy) is 1. The van der Waals surface area contributed by atoms with E-state index >= 15 is 0 Å². The number of anilines is 1. The van der Waals surface area contributed by atoms with Crippen molar-refractivity contribution in [2.24, 2.45) is 0 Å². The number of nitrogens with zero attached hydrogens (tertiary/aromatic N) is 1. The highest BCUT2D eigenvalue weighted by Crippen LogP contribution is 2.12. The lowest BCUT2D eigenvalue weighted by Crippen LogP contribution is -2.15. The van der Waals surface area contributed by atoms with Crippen molar-refractivity contribution in [1.82, 2.24) is 4.98 Å². The maximum absolute atomic E-state index is 10.9. The molecule has 2 N–H and O–H groups in total. The second-order valence-corrected chi connectivity index (χ2v) is 3.57. The first-order valence-electron chi connectivity index (χ1n) is 5.14. The molecular formula is C11H16N2O3. The zero-order valence-corrected chi connectivity index (χ0v) is 9.43. The number of hydrogen-bond donors (Lipinski definition) is 2. The molecule has 0 radical (unpaired) electrons. The number of pyridine rings is 1. The van der Waals surface area contributed by atoms with Crippen molar-refractivity contribution in [3.8, 4) is 0 Å². The zero-order valence-electron chi connectivity index (χ0n) is 9.43. The molecule has 0 spiro atoms. The summed E-state index contributed by atoms with van der Waals surface area (Å²) in [4.78, 5) is 14.7. The molecular weight excluding hydrogens is 208 g/mol. The van der Waals surface area contributed by atoms with Crippen LogP contribution in [0.25, 0.3) is 0 Å². The van der Waals surface area contributed by atoms with Crippen LogP contribution in [0, 0.1) is 0 Å². The largest absolute Gasteiger partial charge is 0.478 e. The summed E-state index contributed by atoms with van der Waals surface area (Å²) >= 11 is 0. The van der Waals surface area contributed by atoms with E-state index in [-0.39, 0.29) is 11.7 Å². The van der Waals surface area contributed by atoms with Gasteiger partial charge in [0.15, 0.2) is 0 Å². The summed E-state index contributed by atoms with van der Waals surface area (Å²) in [6.45, 7) is 5.00. The second kappa shape index (κ2) is 6.07. The second-order valence-electron chi connectivity index (χ2n) is 3.57. The van der Waals surface area contributed by atoms with Gasteiger partial charge in [-0.25, -0.2) is 4.79 Å². The van der Waals surface area contributed by atoms with Gasteiger partial charge in [0.1, 0.15) is 0 Å². The standard InChI is InChI=1S/C11H16N2O3/c1-8(2)16-6-5-13-10-7-12-4-3-9(10)11(14)15/h3-4,7-8,13H,5-6H2,1-2H3,(H,14,15). The molecule has 0 saturated carbocycles. The Morgan fingerprint density at radius 3 is 3.00 bits per heavy atom. The summed E-state index contributed by atoms with van der Waals surface area (Å²) < 4.78 is 5.33. The van der Waals surface area contributed by atoms with Gasteiger partial charge in [0.25, 0.3) is 0 Å². The Bertz CT molecular complexity index is 353. The fraction of sp³-hybridized carbons (Fsp3) is 0.455. The third kappa shape index (κ3) is 3.86. The van der Waals surface area contributed by atoms with Crippen LogP contribution in [0.1, 0.15) is 24.2 Å². The van der Waals surface area contributed by atoms with Gasteiger partial charge in [-0.05, 0) is 19.9 Å². The minimum Gasteiger partial charge on any atom is -0.478 e. The van der Waals surface area contributed by atoms with Crippen LogP contribution in [0.4, 0.5) is 5.69 Å². The summed E-state index contributed by atoms with van der Waals surface area (Å²) in [5.74, 6) is -0.963. The predicted molar refractivity (Wildman–Crippen MR) is 60.8 cm³/mol. The van der Waals surface area contributed by atoms with Crippen LogP contribution in [-0.2, 0) is 4.74 Å². The molecule has 0 unspecified atom stereocenters. The quantitative estimate of drug-likeness (QED) is 0.718. The van der Waals surface area contributed by atoms with Gasteiger partial charge < -0.3 is 15.2 Å². The molecule has 0 atom stereocenters. The Labute approximate surface area is 94.5 Å². The molecule has 0 amide bonds. The van der Waals surface area contributed by atoms with E-state index in [0.29, 0.717) is 18.8 Å². The first-order chi connectivity index (χ1) is 7.61. The highest BCUT2D eigenvalue weighted by molar-refractivity contribution is 5.93. The van der Waals surface area contributed by atoms with E-state index in [4.69, 9.17) is 9.84 Å². The Hall–Kier alpha value is -1.62. The summed E-state index contributed by atoms with van der Waals surface area (Å²) in [5, 5.41) is 11.9. The highest BCUT2D eigenvalue weighted by Gasteiger charge is 2.08. The normalized spacial score (nSPS) is 10.4. The molecule has 0 bridgehead atoms. The number of carboxylic acid groups (broad SMARTS) is 1. The van der Waals surface area contributed by atoms with Crippen LogP contribution >= 0.6 is 0 Å². The molecule has 1 heterocycles.